The van der Waals surface area contributed by atoms with Crippen molar-refractivity contribution in [1.29, 1.82) is 0 Å². The molecule has 0 N–H and O–H groups in total. The van der Waals surface area contributed by atoms with Crippen LogP contribution in [0.5, 0.6) is 5.75 Å². The van der Waals surface area contributed by atoms with Crippen LogP contribution in [0.25, 0.3) is 22.8 Å². The van der Waals surface area contributed by atoms with E-state index in [2.05, 4.69) is 16.0 Å². The number of fused-ring (bicyclic) bond motifs is 1. The van der Waals surface area contributed by atoms with Crippen molar-refractivity contribution in [2.24, 2.45) is 0 Å². The number of hydrogen-bond acceptors (Lipinski definition) is 4. The molecule has 104 valence electrons. The van der Waals surface area contributed by atoms with E-state index in [1.54, 1.807) is 18.6 Å². The quantitative estimate of drug-likeness (QED) is 0.716. The van der Waals surface area contributed by atoms with E-state index in [4.69, 9.17) is 9.15 Å². The zero-order valence-electron chi connectivity index (χ0n) is 11.5. The minimum atomic E-state index is 0.612. The van der Waals surface area contributed by atoms with Gasteiger partial charge in [0.1, 0.15) is 5.75 Å². The van der Waals surface area contributed by atoms with Crippen molar-refractivity contribution in [2.75, 3.05) is 6.61 Å². The van der Waals surface area contributed by atoms with E-state index in [0.717, 1.165) is 42.1 Å². The van der Waals surface area contributed by atoms with Gasteiger partial charge in [-0.2, -0.15) is 0 Å². The van der Waals surface area contributed by atoms with E-state index < -0.39 is 0 Å². The second kappa shape index (κ2) is 5.05. The molecule has 0 aliphatic carbocycles. The molecular weight excluding hydrogens is 264 g/mol. The van der Waals surface area contributed by atoms with Gasteiger partial charge in [0, 0.05) is 23.5 Å². The number of nitrogens with zero attached hydrogens (tertiary/aromatic N) is 2. The van der Waals surface area contributed by atoms with Crippen molar-refractivity contribution in [3.63, 3.8) is 0 Å². The third-order valence-electron chi connectivity index (χ3n) is 3.63. The van der Waals surface area contributed by atoms with Gasteiger partial charge < -0.3 is 9.15 Å². The summed E-state index contributed by atoms with van der Waals surface area (Å²) < 4.78 is 11.5. The minimum Gasteiger partial charge on any atom is -0.493 e. The fourth-order valence-corrected chi connectivity index (χ4v) is 2.55. The Bertz CT molecular complexity index is 765. The molecule has 1 aromatic carbocycles. The molecule has 0 amide bonds. The molecule has 0 saturated heterocycles. The van der Waals surface area contributed by atoms with Crippen LogP contribution < -0.4 is 4.74 Å². The van der Waals surface area contributed by atoms with Crippen LogP contribution in [0.2, 0.25) is 0 Å². The van der Waals surface area contributed by atoms with Crippen molar-refractivity contribution >= 4 is 0 Å². The summed E-state index contributed by atoms with van der Waals surface area (Å²) in [7, 11) is 0. The highest BCUT2D eigenvalue weighted by atomic mass is 16.5. The Morgan fingerprint density at radius 1 is 1.00 bits per heavy atom. The summed E-state index contributed by atoms with van der Waals surface area (Å²) >= 11 is 0. The zero-order chi connectivity index (χ0) is 14.1. The Labute approximate surface area is 122 Å². The van der Waals surface area contributed by atoms with E-state index in [9.17, 15) is 0 Å². The first-order chi connectivity index (χ1) is 10.4. The number of pyridine rings is 1. The maximum absolute atomic E-state index is 5.87. The summed E-state index contributed by atoms with van der Waals surface area (Å²) in [5.41, 5.74) is 3.20. The van der Waals surface area contributed by atoms with Crippen LogP contribution in [0.4, 0.5) is 0 Å². The first kappa shape index (κ1) is 12.1. The third-order valence-corrected chi connectivity index (χ3v) is 3.63. The van der Waals surface area contributed by atoms with Crippen LogP contribution in [0.3, 0.4) is 0 Å². The van der Waals surface area contributed by atoms with Crippen molar-refractivity contribution in [3.05, 3.63) is 54.5 Å². The van der Waals surface area contributed by atoms with E-state index in [0.29, 0.717) is 5.89 Å². The van der Waals surface area contributed by atoms with Crippen LogP contribution in [-0.2, 0) is 6.42 Å². The first-order valence-corrected chi connectivity index (χ1v) is 7.02. The minimum absolute atomic E-state index is 0.612. The predicted octanol–water partition coefficient (Wildman–Crippen LogP) is 3.73. The average Bonchev–Trinajstić information content (AvgIpc) is 3.05. The highest BCUT2D eigenvalue weighted by Crippen LogP contribution is 2.31. The summed E-state index contributed by atoms with van der Waals surface area (Å²) in [5, 5.41) is 0. The third kappa shape index (κ3) is 2.29. The summed E-state index contributed by atoms with van der Waals surface area (Å²) in [5.74, 6) is 2.37. The Morgan fingerprint density at radius 2 is 1.90 bits per heavy atom. The van der Waals surface area contributed by atoms with Gasteiger partial charge in [-0.05, 0) is 48.7 Å². The van der Waals surface area contributed by atoms with Crippen LogP contribution in [0.1, 0.15) is 12.0 Å². The van der Waals surface area contributed by atoms with E-state index in [1.807, 2.05) is 24.3 Å². The van der Waals surface area contributed by atoms with Gasteiger partial charge in [-0.3, -0.25) is 4.98 Å². The molecule has 1 aliphatic heterocycles. The first-order valence-electron chi connectivity index (χ1n) is 7.02. The number of aryl methyl sites for hydroxylation is 1. The Kier molecular flexibility index (Phi) is 2.92. The molecule has 4 nitrogen and oxygen atoms in total. The highest BCUT2D eigenvalue weighted by molar-refractivity contribution is 5.63. The molecule has 3 aromatic rings. The molecule has 0 bridgehead atoms. The number of benzene rings is 1. The van der Waals surface area contributed by atoms with Crippen molar-refractivity contribution < 1.29 is 9.15 Å². The summed E-state index contributed by atoms with van der Waals surface area (Å²) in [6, 6.07) is 9.93. The Hall–Kier alpha value is -2.62. The van der Waals surface area contributed by atoms with Gasteiger partial charge in [0.25, 0.3) is 0 Å². The lowest BCUT2D eigenvalue weighted by atomic mass is 10.0. The van der Waals surface area contributed by atoms with Gasteiger partial charge in [-0.25, -0.2) is 4.98 Å². The molecule has 0 fully saturated rings. The molecule has 2 aromatic heterocycles. The van der Waals surface area contributed by atoms with Crippen molar-refractivity contribution in [1.82, 2.24) is 9.97 Å². The maximum atomic E-state index is 5.87. The van der Waals surface area contributed by atoms with Gasteiger partial charge in [-0.1, -0.05) is 0 Å². The van der Waals surface area contributed by atoms with E-state index in [1.165, 1.54) is 5.56 Å². The molecule has 3 heterocycles. The lowest BCUT2D eigenvalue weighted by Crippen LogP contribution is -2.07. The molecule has 21 heavy (non-hydrogen) atoms. The zero-order valence-corrected chi connectivity index (χ0v) is 11.5. The summed E-state index contributed by atoms with van der Waals surface area (Å²) in [6.07, 6.45) is 7.34. The fourth-order valence-electron chi connectivity index (χ4n) is 2.55. The monoisotopic (exact) mass is 278 g/mol. The molecule has 1 aliphatic rings. The number of hydrogen-bond donors (Lipinski definition) is 0. The fraction of sp³-hybridized carbons (Fsp3) is 0.176. The van der Waals surface area contributed by atoms with Gasteiger partial charge in [0.2, 0.25) is 5.89 Å². The molecule has 4 heteroatoms. The van der Waals surface area contributed by atoms with Gasteiger partial charge >= 0.3 is 0 Å². The normalized spacial score (nSPS) is 13.5. The second-order valence-corrected chi connectivity index (χ2v) is 5.04. The maximum Gasteiger partial charge on any atom is 0.226 e. The molecule has 0 radical (unpaired) electrons. The topological polar surface area (TPSA) is 48.2 Å². The van der Waals surface area contributed by atoms with Crippen molar-refractivity contribution in [2.45, 2.75) is 12.8 Å². The van der Waals surface area contributed by atoms with Crippen LogP contribution in [0.15, 0.2) is 53.3 Å². The molecule has 0 spiro atoms. The lowest BCUT2D eigenvalue weighted by molar-refractivity contribution is 0.288. The average molecular weight is 278 g/mol. The van der Waals surface area contributed by atoms with Crippen LogP contribution >= 0.6 is 0 Å². The standard InChI is InChI=1S/C17H14N2O2/c1-2-13-10-14(3-4-15(13)20-9-1)16-11-19-17(21-16)12-5-7-18-8-6-12/h3-8,10-11H,1-2,9H2. The highest BCUT2D eigenvalue weighted by Gasteiger charge is 2.13. The number of aromatic nitrogens is 2. The summed E-state index contributed by atoms with van der Waals surface area (Å²) in [6.45, 7) is 0.806. The molecular formula is C17H14N2O2. The van der Waals surface area contributed by atoms with Gasteiger partial charge in [-0.15, -0.1) is 0 Å². The Balaban J connectivity index is 1.70. The molecule has 0 atom stereocenters. The molecule has 0 saturated carbocycles. The summed E-state index contributed by atoms with van der Waals surface area (Å²) in [4.78, 5) is 8.35. The van der Waals surface area contributed by atoms with E-state index >= 15 is 0 Å². The molecule has 0 unspecified atom stereocenters. The van der Waals surface area contributed by atoms with E-state index in [-0.39, 0.29) is 0 Å². The Morgan fingerprint density at radius 3 is 2.81 bits per heavy atom. The SMILES string of the molecule is c1cc(-c2ncc(-c3ccc4c(c3)CCCO4)o2)ccn1. The van der Waals surface area contributed by atoms with Crippen molar-refractivity contribution in [3.8, 4) is 28.5 Å². The van der Waals surface area contributed by atoms with Gasteiger partial charge in [0.05, 0.1) is 12.8 Å². The smallest absolute Gasteiger partial charge is 0.226 e. The number of rotatable bonds is 2. The lowest BCUT2D eigenvalue weighted by Gasteiger charge is -2.17. The second-order valence-electron chi connectivity index (χ2n) is 5.04. The largest absolute Gasteiger partial charge is 0.493 e. The number of oxazole rings is 1. The van der Waals surface area contributed by atoms with Crippen LogP contribution in [-0.4, -0.2) is 16.6 Å². The van der Waals surface area contributed by atoms with Gasteiger partial charge in [0.15, 0.2) is 5.76 Å². The number of ether oxygens (including phenoxy) is 1. The van der Waals surface area contributed by atoms with Crippen LogP contribution in [0, 0.1) is 0 Å². The molecule has 4 rings (SSSR count). The predicted molar refractivity (Wildman–Crippen MR) is 79.0 cm³/mol.